The van der Waals surface area contributed by atoms with Gasteiger partial charge in [-0.05, 0) is 31.6 Å². The fourth-order valence-corrected chi connectivity index (χ4v) is 5.01. The maximum Gasteiger partial charge on any atom is 0.0380 e. The number of hydrogen-bond acceptors (Lipinski definition) is 1. The second-order valence-electron chi connectivity index (χ2n) is 4.12. The quantitative estimate of drug-likeness (QED) is 0.583. The van der Waals surface area contributed by atoms with E-state index in [2.05, 4.69) is 43.6 Å². The van der Waals surface area contributed by atoms with Gasteiger partial charge in [0, 0.05) is 15.7 Å². The first-order chi connectivity index (χ1) is 6.04. The molecule has 1 heterocycles. The van der Waals surface area contributed by atoms with Crippen molar-refractivity contribution >= 4 is 27.7 Å². The molecule has 3 atom stereocenters. The minimum atomic E-state index is 0.726. The molecular formula is C11H15BrS. The second kappa shape index (κ2) is 3.16. The number of hydrogen-bond donors (Lipinski definition) is 0. The molecule has 1 aliphatic carbocycles. The summed E-state index contributed by atoms with van der Waals surface area (Å²) in [6.07, 6.45) is 0. The number of fused-ring (bicyclic) bond motifs is 1. The first-order valence-electron chi connectivity index (χ1n) is 4.74. The van der Waals surface area contributed by atoms with Gasteiger partial charge in [-0.3, -0.25) is 0 Å². The average molecular weight is 259 g/mol. The Morgan fingerprint density at radius 2 is 1.77 bits per heavy atom. The van der Waals surface area contributed by atoms with Gasteiger partial charge >= 0.3 is 0 Å². The van der Waals surface area contributed by atoms with Crippen molar-refractivity contribution in [1.29, 1.82) is 0 Å². The number of thioether (sulfide) groups is 1. The van der Waals surface area contributed by atoms with E-state index in [-0.39, 0.29) is 0 Å². The monoisotopic (exact) mass is 258 g/mol. The molecule has 2 heteroatoms. The van der Waals surface area contributed by atoms with Gasteiger partial charge in [-0.2, -0.15) is 0 Å². The van der Waals surface area contributed by atoms with Crippen LogP contribution in [0.3, 0.4) is 0 Å². The van der Waals surface area contributed by atoms with E-state index < -0.39 is 0 Å². The largest absolute Gasteiger partial charge is 0.121 e. The fourth-order valence-electron chi connectivity index (χ4n) is 2.38. The lowest BCUT2D eigenvalue weighted by Crippen LogP contribution is -2.13. The van der Waals surface area contributed by atoms with Gasteiger partial charge in [0.25, 0.3) is 0 Å². The second-order valence-corrected chi connectivity index (χ2v) is 6.33. The van der Waals surface area contributed by atoms with Gasteiger partial charge in [0.2, 0.25) is 0 Å². The van der Waals surface area contributed by atoms with E-state index >= 15 is 0 Å². The third kappa shape index (κ3) is 1.25. The van der Waals surface area contributed by atoms with E-state index in [0.29, 0.717) is 0 Å². The molecule has 0 fully saturated rings. The molecule has 0 N–H and O–H groups in total. The SMILES string of the molecule is CC1=C(Br)C2C(C)C(C)=C(C)C2S1. The highest BCUT2D eigenvalue weighted by molar-refractivity contribution is 9.11. The zero-order valence-corrected chi connectivity index (χ0v) is 10.9. The molecule has 3 unspecified atom stereocenters. The van der Waals surface area contributed by atoms with Crippen molar-refractivity contribution in [3.05, 3.63) is 20.5 Å². The Labute approximate surface area is 93.0 Å². The number of halogens is 1. The summed E-state index contributed by atoms with van der Waals surface area (Å²) < 4.78 is 1.45. The summed E-state index contributed by atoms with van der Waals surface area (Å²) >= 11 is 5.77. The first-order valence-corrected chi connectivity index (χ1v) is 6.41. The maximum absolute atomic E-state index is 3.74. The third-order valence-electron chi connectivity index (χ3n) is 3.53. The topological polar surface area (TPSA) is 0 Å². The van der Waals surface area contributed by atoms with E-state index in [9.17, 15) is 0 Å². The molecule has 0 amide bonds. The van der Waals surface area contributed by atoms with Crippen LogP contribution < -0.4 is 0 Å². The van der Waals surface area contributed by atoms with Crippen LogP contribution in [0.4, 0.5) is 0 Å². The van der Waals surface area contributed by atoms with Crippen LogP contribution in [0.2, 0.25) is 0 Å². The lowest BCUT2D eigenvalue weighted by atomic mass is 9.93. The Hall–Kier alpha value is 0.310. The van der Waals surface area contributed by atoms with Crippen molar-refractivity contribution in [2.45, 2.75) is 32.9 Å². The molecule has 0 radical (unpaired) electrons. The molecule has 13 heavy (non-hydrogen) atoms. The molecule has 0 aromatic rings. The van der Waals surface area contributed by atoms with Crippen LogP contribution in [0.25, 0.3) is 0 Å². The van der Waals surface area contributed by atoms with Crippen LogP contribution in [-0.2, 0) is 0 Å². The molecule has 0 saturated carbocycles. The fraction of sp³-hybridized carbons (Fsp3) is 0.636. The Kier molecular flexibility index (Phi) is 2.40. The third-order valence-corrected chi connectivity index (χ3v) is 6.39. The van der Waals surface area contributed by atoms with Gasteiger partial charge in [0.15, 0.2) is 0 Å². The van der Waals surface area contributed by atoms with Gasteiger partial charge in [0.05, 0.1) is 0 Å². The summed E-state index contributed by atoms with van der Waals surface area (Å²) in [4.78, 5) is 1.48. The van der Waals surface area contributed by atoms with E-state index in [1.165, 1.54) is 9.39 Å². The molecule has 0 nitrogen and oxygen atoms in total. The zero-order chi connectivity index (χ0) is 9.75. The molecule has 0 saturated heterocycles. The molecule has 0 bridgehead atoms. The first kappa shape index (κ1) is 9.85. The van der Waals surface area contributed by atoms with Crippen molar-refractivity contribution < 1.29 is 0 Å². The molecule has 0 aromatic carbocycles. The van der Waals surface area contributed by atoms with Gasteiger partial charge in [-0.25, -0.2) is 0 Å². The standard InChI is InChI=1S/C11H15BrS/c1-5-6(2)9-10(12)8(4)13-11(9)7(5)3/h6,9,11H,1-4H3. The highest BCUT2D eigenvalue weighted by Crippen LogP contribution is 2.56. The normalized spacial score (nSPS) is 39.0. The Balaban J connectivity index is 2.38. The summed E-state index contributed by atoms with van der Waals surface area (Å²) in [6, 6.07) is 0. The molecular weight excluding hydrogens is 244 g/mol. The Morgan fingerprint density at radius 1 is 1.15 bits per heavy atom. The zero-order valence-electron chi connectivity index (χ0n) is 8.52. The highest BCUT2D eigenvalue weighted by atomic mass is 79.9. The van der Waals surface area contributed by atoms with Crippen LogP contribution in [0.15, 0.2) is 20.5 Å². The van der Waals surface area contributed by atoms with Crippen LogP contribution in [0.1, 0.15) is 27.7 Å². The van der Waals surface area contributed by atoms with Crippen LogP contribution >= 0.6 is 27.7 Å². The van der Waals surface area contributed by atoms with Crippen LogP contribution in [0, 0.1) is 11.8 Å². The maximum atomic E-state index is 3.74. The summed E-state index contributed by atoms with van der Waals surface area (Å²) in [5.74, 6) is 1.45. The van der Waals surface area contributed by atoms with Crippen molar-refractivity contribution in [3.63, 3.8) is 0 Å². The van der Waals surface area contributed by atoms with Crippen molar-refractivity contribution in [2.75, 3.05) is 0 Å². The Morgan fingerprint density at radius 3 is 2.31 bits per heavy atom. The van der Waals surface area contributed by atoms with Gasteiger partial charge < -0.3 is 0 Å². The molecule has 2 rings (SSSR count). The van der Waals surface area contributed by atoms with Crippen LogP contribution in [-0.4, -0.2) is 5.25 Å². The number of allylic oxidation sites excluding steroid dienone is 3. The summed E-state index contributed by atoms with van der Waals surface area (Å²) in [6.45, 7) is 9.16. The lowest BCUT2D eigenvalue weighted by molar-refractivity contribution is 0.540. The van der Waals surface area contributed by atoms with Gasteiger partial charge in [-0.1, -0.05) is 34.0 Å². The van der Waals surface area contributed by atoms with Crippen molar-refractivity contribution in [2.24, 2.45) is 11.8 Å². The predicted molar refractivity (Wildman–Crippen MR) is 64.0 cm³/mol. The van der Waals surface area contributed by atoms with Crippen molar-refractivity contribution in [3.8, 4) is 0 Å². The van der Waals surface area contributed by atoms with Gasteiger partial charge in [0.1, 0.15) is 0 Å². The summed E-state index contributed by atoms with van der Waals surface area (Å²) in [7, 11) is 0. The van der Waals surface area contributed by atoms with Crippen LogP contribution in [0.5, 0.6) is 0 Å². The molecule has 0 aromatic heterocycles. The molecule has 1 aliphatic heterocycles. The smallest absolute Gasteiger partial charge is 0.0380 e. The molecule has 2 aliphatic rings. The molecule has 0 spiro atoms. The average Bonchev–Trinajstić information content (AvgIpc) is 2.48. The lowest BCUT2D eigenvalue weighted by Gasteiger charge is -2.16. The van der Waals surface area contributed by atoms with E-state index in [1.807, 2.05) is 11.8 Å². The minimum Gasteiger partial charge on any atom is -0.121 e. The van der Waals surface area contributed by atoms with E-state index in [1.54, 1.807) is 11.1 Å². The summed E-state index contributed by atoms with van der Waals surface area (Å²) in [5.41, 5.74) is 3.21. The van der Waals surface area contributed by atoms with E-state index in [4.69, 9.17) is 0 Å². The van der Waals surface area contributed by atoms with Crippen molar-refractivity contribution in [1.82, 2.24) is 0 Å². The van der Waals surface area contributed by atoms with E-state index in [0.717, 1.165) is 17.1 Å². The summed E-state index contributed by atoms with van der Waals surface area (Å²) in [5, 5.41) is 0.726. The highest BCUT2D eigenvalue weighted by Gasteiger charge is 2.43. The number of rotatable bonds is 0. The van der Waals surface area contributed by atoms with Gasteiger partial charge in [-0.15, -0.1) is 11.8 Å². The Bertz CT molecular complexity index is 314. The molecule has 72 valence electrons. The predicted octanol–water partition coefficient (Wildman–Crippen LogP) is 4.33. The minimum absolute atomic E-state index is 0.726.